The highest BCUT2D eigenvalue weighted by atomic mass is 16.5. The molecule has 1 saturated carbocycles. The summed E-state index contributed by atoms with van der Waals surface area (Å²) in [6, 6.07) is 18.3. The van der Waals surface area contributed by atoms with E-state index in [-0.39, 0.29) is 0 Å². The predicted octanol–water partition coefficient (Wildman–Crippen LogP) is 4.18. The number of hydrogen-bond donors (Lipinski definition) is 1. The van der Waals surface area contributed by atoms with Gasteiger partial charge in [0.2, 0.25) is 0 Å². The van der Waals surface area contributed by atoms with Crippen LogP contribution in [0.3, 0.4) is 0 Å². The average molecular weight is 267 g/mol. The van der Waals surface area contributed by atoms with Crippen LogP contribution < -0.4 is 10.5 Å². The maximum absolute atomic E-state index is 5.90. The van der Waals surface area contributed by atoms with E-state index in [0.29, 0.717) is 17.3 Å². The summed E-state index contributed by atoms with van der Waals surface area (Å²) in [4.78, 5) is 0. The standard InChI is InChI=1S/C18H21NO/c1-18(2)16(12-19)17(18)13-7-6-10-15(11-13)20-14-8-4-3-5-9-14/h3-11,16-17H,12,19H2,1-2H3/t16-,17-/m1/s1. The number of ether oxygens (including phenoxy) is 1. The van der Waals surface area contributed by atoms with Crippen LogP contribution in [0.15, 0.2) is 54.6 Å². The van der Waals surface area contributed by atoms with Gasteiger partial charge in [-0.05, 0) is 53.6 Å². The Hall–Kier alpha value is -1.80. The molecule has 0 amide bonds. The molecule has 104 valence electrons. The molecule has 20 heavy (non-hydrogen) atoms. The van der Waals surface area contributed by atoms with Crippen molar-refractivity contribution in [2.75, 3.05) is 6.54 Å². The van der Waals surface area contributed by atoms with Crippen LogP contribution in [-0.2, 0) is 0 Å². The van der Waals surface area contributed by atoms with Crippen molar-refractivity contribution >= 4 is 0 Å². The van der Waals surface area contributed by atoms with Crippen LogP contribution in [0.4, 0.5) is 0 Å². The van der Waals surface area contributed by atoms with E-state index in [2.05, 4.69) is 32.0 Å². The van der Waals surface area contributed by atoms with Crippen molar-refractivity contribution in [2.45, 2.75) is 19.8 Å². The summed E-state index contributed by atoms with van der Waals surface area (Å²) in [6.45, 7) is 5.33. The molecular weight excluding hydrogens is 246 g/mol. The molecule has 2 N–H and O–H groups in total. The highest BCUT2D eigenvalue weighted by Crippen LogP contribution is 2.64. The Morgan fingerprint density at radius 1 is 1.00 bits per heavy atom. The first-order valence-corrected chi connectivity index (χ1v) is 7.16. The maximum atomic E-state index is 5.90. The van der Waals surface area contributed by atoms with Gasteiger partial charge in [0.15, 0.2) is 0 Å². The monoisotopic (exact) mass is 267 g/mol. The topological polar surface area (TPSA) is 35.2 Å². The molecule has 0 unspecified atom stereocenters. The van der Waals surface area contributed by atoms with Crippen molar-refractivity contribution in [3.8, 4) is 11.5 Å². The molecule has 2 aromatic rings. The molecule has 0 aliphatic heterocycles. The van der Waals surface area contributed by atoms with E-state index in [1.165, 1.54) is 5.56 Å². The van der Waals surface area contributed by atoms with Crippen LogP contribution in [0.2, 0.25) is 0 Å². The first-order valence-electron chi connectivity index (χ1n) is 7.16. The molecule has 0 aromatic heterocycles. The van der Waals surface area contributed by atoms with Crippen LogP contribution in [-0.4, -0.2) is 6.54 Å². The van der Waals surface area contributed by atoms with Gasteiger partial charge in [0.1, 0.15) is 11.5 Å². The molecule has 0 bridgehead atoms. The van der Waals surface area contributed by atoms with Gasteiger partial charge >= 0.3 is 0 Å². The number of para-hydroxylation sites is 1. The van der Waals surface area contributed by atoms with Gasteiger partial charge in [0.05, 0.1) is 0 Å². The maximum Gasteiger partial charge on any atom is 0.127 e. The molecule has 0 spiro atoms. The Kier molecular flexibility index (Phi) is 3.27. The number of hydrogen-bond acceptors (Lipinski definition) is 2. The van der Waals surface area contributed by atoms with Crippen LogP contribution >= 0.6 is 0 Å². The third-order valence-corrected chi connectivity index (χ3v) is 4.50. The summed E-state index contributed by atoms with van der Waals surface area (Å²) < 4.78 is 5.90. The zero-order chi connectivity index (χ0) is 14.2. The number of benzene rings is 2. The van der Waals surface area contributed by atoms with Crippen molar-refractivity contribution in [2.24, 2.45) is 17.1 Å². The van der Waals surface area contributed by atoms with E-state index in [4.69, 9.17) is 10.5 Å². The van der Waals surface area contributed by atoms with E-state index in [9.17, 15) is 0 Å². The summed E-state index contributed by atoms with van der Waals surface area (Å²) in [7, 11) is 0. The van der Waals surface area contributed by atoms with Crippen molar-refractivity contribution in [1.82, 2.24) is 0 Å². The Morgan fingerprint density at radius 2 is 1.70 bits per heavy atom. The fraction of sp³-hybridized carbons (Fsp3) is 0.333. The molecular formula is C18H21NO. The van der Waals surface area contributed by atoms with Gasteiger partial charge in [-0.15, -0.1) is 0 Å². The Morgan fingerprint density at radius 3 is 2.35 bits per heavy atom. The molecule has 1 fully saturated rings. The zero-order valence-corrected chi connectivity index (χ0v) is 12.0. The lowest BCUT2D eigenvalue weighted by Gasteiger charge is -2.08. The molecule has 2 nitrogen and oxygen atoms in total. The lowest BCUT2D eigenvalue weighted by atomic mass is 10.0. The minimum atomic E-state index is 0.306. The first-order chi connectivity index (χ1) is 9.63. The van der Waals surface area contributed by atoms with Gasteiger partial charge in [0.25, 0.3) is 0 Å². The summed E-state index contributed by atoms with van der Waals surface area (Å²) in [5.41, 5.74) is 7.51. The van der Waals surface area contributed by atoms with Crippen LogP contribution in [0.25, 0.3) is 0 Å². The second-order valence-electron chi connectivity index (χ2n) is 6.13. The normalized spacial score (nSPS) is 23.4. The molecule has 2 atom stereocenters. The Labute approximate surface area is 120 Å². The SMILES string of the molecule is CC1(C)[C@H](CN)[C@H]1c1cccc(Oc2ccccc2)c1. The van der Waals surface area contributed by atoms with Gasteiger partial charge in [-0.2, -0.15) is 0 Å². The van der Waals surface area contributed by atoms with E-state index in [1.807, 2.05) is 36.4 Å². The molecule has 2 aromatic carbocycles. The number of rotatable bonds is 4. The minimum absolute atomic E-state index is 0.306. The Balaban J connectivity index is 1.81. The summed E-state index contributed by atoms with van der Waals surface area (Å²) in [5.74, 6) is 2.89. The summed E-state index contributed by atoms with van der Waals surface area (Å²) in [5, 5.41) is 0. The van der Waals surface area contributed by atoms with Gasteiger partial charge in [-0.3, -0.25) is 0 Å². The smallest absolute Gasteiger partial charge is 0.127 e. The highest BCUT2D eigenvalue weighted by Gasteiger charge is 2.57. The van der Waals surface area contributed by atoms with E-state index < -0.39 is 0 Å². The van der Waals surface area contributed by atoms with Crippen molar-refractivity contribution in [3.05, 3.63) is 60.2 Å². The predicted molar refractivity (Wildman–Crippen MR) is 82.0 cm³/mol. The number of nitrogens with two attached hydrogens (primary N) is 1. The van der Waals surface area contributed by atoms with Gasteiger partial charge < -0.3 is 10.5 Å². The van der Waals surface area contributed by atoms with Crippen molar-refractivity contribution in [3.63, 3.8) is 0 Å². The summed E-state index contributed by atoms with van der Waals surface area (Å²) >= 11 is 0. The molecule has 2 heteroatoms. The van der Waals surface area contributed by atoms with E-state index >= 15 is 0 Å². The second-order valence-corrected chi connectivity index (χ2v) is 6.13. The third kappa shape index (κ3) is 2.32. The van der Waals surface area contributed by atoms with Crippen molar-refractivity contribution in [1.29, 1.82) is 0 Å². The first kappa shape index (κ1) is 13.2. The molecule has 1 aliphatic carbocycles. The minimum Gasteiger partial charge on any atom is -0.457 e. The molecule has 1 aliphatic rings. The van der Waals surface area contributed by atoms with Crippen LogP contribution in [0.5, 0.6) is 11.5 Å². The van der Waals surface area contributed by atoms with Crippen molar-refractivity contribution < 1.29 is 4.74 Å². The van der Waals surface area contributed by atoms with Gasteiger partial charge in [-0.1, -0.05) is 44.2 Å². The fourth-order valence-electron chi connectivity index (χ4n) is 3.24. The zero-order valence-electron chi connectivity index (χ0n) is 12.0. The highest BCUT2D eigenvalue weighted by molar-refractivity contribution is 5.39. The average Bonchev–Trinajstić information content (AvgIpc) is 3.02. The van der Waals surface area contributed by atoms with Gasteiger partial charge in [0, 0.05) is 0 Å². The van der Waals surface area contributed by atoms with Gasteiger partial charge in [-0.25, -0.2) is 0 Å². The van der Waals surface area contributed by atoms with E-state index in [0.717, 1.165) is 18.0 Å². The molecule has 0 saturated heterocycles. The molecule has 3 rings (SSSR count). The van der Waals surface area contributed by atoms with Crippen LogP contribution in [0.1, 0.15) is 25.3 Å². The lowest BCUT2D eigenvalue weighted by molar-refractivity contribution is 0.481. The fourth-order valence-corrected chi connectivity index (χ4v) is 3.24. The second kappa shape index (κ2) is 4.95. The third-order valence-electron chi connectivity index (χ3n) is 4.50. The Bertz CT molecular complexity index is 591. The van der Waals surface area contributed by atoms with E-state index in [1.54, 1.807) is 0 Å². The lowest BCUT2D eigenvalue weighted by Crippen LogP contribution is -2.05. The molecule has 0 radical (unpaired) electrons. The molecule has 0 heterocycles. The summed E-state index contributed by atoms with van der Waals surface area (Å²) in [6.07, 6.45) is 0. The van der Waals surface area contributed by atoms with Crippen LogP contribution in [0, 0.1) is 11.3 Å². The quantitative estimate of drug-likeness (QED) is 0.902. The largest absolute Gasteiger partial charge is 0.457 e.